The lowest BCUT2D eigenvalue weighted by Crippen LogP contribution is -2.46. The van der Waals surface area contributed by atoms with Crippen molar-refractivity contribution in [3.05, 3.63) is 77.3 Å². The summed E-state index contributed by atoms with van der Waals surface area (Å²) < 4.78 is 45.3. The van der Waals surface area contributed by atoms with Gasteiger partial charge in [0.1, 0.15) is 13.2 Å². The van der Waals surface area contributed by atoms with Gasteiger partial charge in [0, 0.05) is 48.5 Å². The second kappa shape index (κ2) is 9.89. The molecule has 196 valence electrons. The number of benzene rings is 3. The van der Waals surface area contributed by atoms with Crippen LogP contribution in [0.5, 0.6) is 11.5 Å². The summed E-state index contributed by atoms with van der Waals surface area (Å²) in [5.74, 6) is 1.42. The van der Waals surface area contributed by atoms with Gasteiger partial charge in [0.25, 0.3) is 0 Å². The van der Waals surface area contributed by atoms with E-state index < -0.39 is 9.84 Å². The number of oxazole rings is 1. The fourth-order valence-corrected chi connectivity index (χ4v) is 6.24. The minimum Gasteiger partial charge on any atom is -0.486 e. The molecule has 0 N–H and O–H groups in total. The van der Waals surface area contributed by atoms with E-state index in [-0.39, 0.29) is 21.7 Å². The minimum absolute atomic E-state index is 0.0738. The topological polar surface area (TPSA) is 85.1 Å². The van der Waals surface area contributed by atoms with Crippen LogP contribution in [-0.4, -0.2) is 52.8 Å². The average Bonchev–Trinajstić information content (AvgIpc) is 3.40. The third-order valence-corrected chi connectivity index (χ3v) is 8.55. The van der Waals surface area contributed by atoms with Crippen LogP contribution in [0.2, 0.25) is 5.02 Å². The number of piperazine rings is 1. The Labute approximate surface area is 226 Å². The molecular weight excluding hydrogens is 526 g/mol. The first-order valence-corrected chi connectivity index (χ1v) is 14.2. The van der Waals surface area contributed by atoms with Crippen LogP contribution < -0.4 is 19.3 Å². The summed E-state index contributed by atoms with van der Waals surface area (Å²) in [7, 11) is -4.03. The summed E-state index contributed by atoms with van der Waals surface area (Å²) in [6, 6.07) is 20.0. The molecule has 0 aliphatic carbocycles. The number of halogens is 1. The van der Waals surface area contributed by atoms with Gasteiger partial charge in [0.2, 0.25) is 26.6 Å². The fraction of sp³-hybridized carbons (Fsp3) is 0.250. The van der Waals surface area contributed by atoms with E-state index in [0.29, 0.717) is 61.5 Å². The lowest BCUT2D eigenvalue weighted by Gasteiger charge is -2.36. The van der Waals surface area contributed by atoms with Crippen molar-refractivity contribution in [2.24, 2.45) is 0 Å². The quantitative estimate of drug-likeness (QED) is 0.333. The van der Waals surface area contributed by atoms with Crippen LogP contribution in [0.3, 0.4) is 0 Å². The molecule has 3 heterocycles. The molecule has 0 spiro atoms. The lowest BCUT2D eigenvalue weighted by atomic mass is 10.1. The largest absolute Gasteiger partial charge is 0.486 e. The van der Waals surface area contributed by atoms with Gasteiger partial charge in [-0.3, -0.25) is 0 Å². The van der Waals surface area contributed by atoms with Crippen LogP contribution in [0.1, 0.15) is 5.56 Å². The van der Waals surface area contributed by atoms with Crippen molar-refractivity contribution in [1.82, 2.24) is 4.98 Å². The Hall–Kier alpha value is -3.69. The van der Waals surface area contributed by atoms with Gasteiger partial charge in [-0.05, 0) is 49.4 Å². The van der Waals surface area contributed by atoms with E-state index in [9.17, 15) is 8.42 Å². The van der Waals surface area contributed by atoms with Gasteiger partial charge in [0.15, 0.2) is 11.5 Å². The Balaban J connectivity index is 1.37. The van der Waals surface area contributed by atoms with Gasteiger partial charge in [-0.25, -0.2) is 8.42 Å². The number of nitrogens with zero attached hydrogens (tertiary/aromatic N) is 3. The van der Waals surface area contributed by atoms with E-state index in [1.54, 1.807) is 6.07 Å². The standard InChI is InChI=1S/C28H26ClN3O5S/c1-19-4-2-5-20(16-19)26-30-27(38(33,34)23-8-9-24-25(18-23)36-15-14-35-24)28(37-26)32-12-10-31(11-13-32)22-7-3-6-21(29)17-22/h2-9,16-18H,10-15H2,1H3. The highest BCUT2D eigenvalue weighted by molar-refractivity contribution is 7.91. The van der Waals surface area contributed by atoms with E-state index in [2.05, 4.69) is 9.88 Å². The number of sulfone groups is 1. The van der Waals surface area contributed by atoms with Gasteiger partial charge in [-0.2, -0.15) is 4.98 Å². The smallest absolute Gasteiger partial charge is 0.236 e. The number of hydrogen-bond acceptors (Lipinski definition) is 8. The Morgan fingerprint density at radius 2 is 1.58 bits per heavy atom. The van der Waals surface area contributed by atoms with Crippen LogP contribution in [0.15, 0.2) is 81.1 Å². The second-order valence-corrected chi connectivity index (χ2v) is 11.6. The molecule has 0 saturated carbocycles. The van der Waals surface area contributed by atoms with Crippen molar-refractivity contribution >= 4 is 33.0 Å². The summed E-state index contributed by atoms with van der Waals surface area (Å²) in [6.07, 6.45) is 0. The predicted octanol–water partition coefficient (Wildman–Crippen LogP) is 5.23. The van der Waals surface area contributed by atoms with E-state index in [4.69, 9.17) is 25.5 Å². The number of ether oxygens (including phenoxy) is 2. The van der Waals surface area contributed by atoms with Crippen molar-refractivity contribution in [2.45, 2.75) is 16.8 Å². The summed E-state index contributed by atoms with van der Waals surface area (Å²) in [4.78, 5) is 8.78. The Morgan fingerprint density at radius 1 is 0.842 bits per heavy atom. The Kier molecular flexibility index (Phi) is 6.41. The number of rotatable bonds is 5. The van der Waals surface area contributed by atoms with E-state index >= 15 is 0 Å². The predicted molar refractivity (Wildman–Crippen MR) is 145 cm³/mol. The molecule has 10 heteroatoms. The molecule has 4 aromatic rings. The molecule has 0 unspecified atom stereocenters. The maximum Gasteiger partial charge on any atom is 0.236 e. The Bertz CT molecular complexity index is 1600. The molecule has 0 radical (unpaired) electrons. The fourth-order valence-electron chi connectivity index (χ4n) is 4.72. The number of anilines is 2. The van der Waals surface area contributed by atoms with Gasteiger partial charge < -0.3 is 23.7 Å². The zero-order valence-corrected chi connectivity index (χ0v) is 22.3. The molecule has 1 aromatic heterocycles. The van der Waals surface area contributed by atoms with Crippen LogP contribution in [0.4, 0.5) is 11.6 Å². The number of aromatic nitrogens is 1. The molecule has 6 rings (SSSR count). The number of aryl methyl sites for hydroxylation is 1. The van der Waals surface area contributed by atoms with Gasteiger partial charge in [-0.15, -0.1) is 0 Å². The first kappa shape index (κ1) is 24.6. The number of fused-ring (bicyclic) bond motifs is 1. The van der Waals surface area contributed by atoms with Crippen LogP contribution >= 0.6 is 11.6 Å². The minimum atomic E-state index is -4.03. The van der Waals surface area contributed by atoms with Crippen molar-refractivity contribution in [3.8, 4) is 23.0 Å². The highest BCUT2D eigenvalue weighted by Crippen LogP contribution is 2.39. The van der Waals surface area contributed by atoms with E-state index in [0.717, 1.165) is 11.3 Å². The normalized spacial score (nSPS) is 15.5. The van der Waals surface area contributed by atoms with Gasteiger partial charge in [0.05, 0.1) is 4.90 Å². The van der Waals surface area contributed by atoms with E-state index in [1.807, 2.05) is 60.4 Å². The molecule has 3 aromatic carbocycles. The van der Waals surface area contributed by atoms with Gasteiger partial charge >= 0.3 is 0 Å². The van der Waals surface area contributed by atoms with Crippen molar-refractivity contribution in [3.63, 3.8) is 0 Å². The molecule has 8 nitrogen and oxygen atoms in total. The zero-order valence-electron chi connectivity index (χ0n) is 20.8. The summed E-state index contributed by atoms with van der Waals surface area (Å²) >= 11 is 6.19. The summed E-state index contributed by atoms with van der Waals surface area (Å²) in [6.45, 7) is 5.20. The Morgan fingerprint density at radius 3 is 2.34 bits per heavy atom. The summed E-state index contributed by atoms with van der Waals surface area (Å²) in [5.41, 5.74) is 2.76. The molecule has 1 saturated heterocycles. The van der Waals surface area contributed by atoms with Crippen molar-refractivity contribution in [2.75, 3.05) is 49.2 Å². The monoisotopic (exact) mass is 551 g/mol. The van der Waals surface area contributed by atoms with Crippen molar-refractivity contribution in [1.29, 1.82) is 0 Å². The molecule has 0 bridgehead atoms. The molecule has 2 aliphatic heterocycles. The molecule has 2 aliphatic rings. The highest BCUT2D eigenvalue weighted by Gasteiger charge is 2.34. The first-order chi connectivity index (χ1) is 18.4. The number of hydrogen-bond donors (Lipinski definition) is 0. The zero-order chi connectivity index (χ0) is 26.3. The maximum atomic E-state index is 13.9. The highest BCUT2D eigenvalue weighted by atomic mass is 35.5. The SMILES string of the molecule is Cc1cccc(-c2nc(S(=O)(=O)c3ccc4c(c3)OCCO4)c(N3CCN(c4cccc(Cl)c4)CC3)o2)c1. The summed E-state index contributed by atoms with van der Waals surface area (Å²) in [5, 5.41) is 0.567. The third kappa shape index (κ3) is 4.68. The van der Waals surface area contributed by atoms with E-state index in [1.165, 1.54) is 12.1 Å². The van der Waals surface area contributed by atoms with Crippen LogP contribution in [-0.2, 0) is 9.84 Å². The maximum absolute atomic E-state index is 13.9. The lowest BCUT2D eigenvalue weighted by molar-refractivity contribution is 0.171. The molecule has 0 atom stereocenters. The van der Waals surface area contributed by atoms with Crippen LogP contribution in [0, 0.1) is 6.92 Å². The first-order valence-electron chi connectivity index (χ1n) is 12.4. The van der Waals surface area contributed by atoms with Crippen LogP contribution in [0.25, 0.3) is 11.5 Å². The molecule has 38 heavy (non-hydrogen) atoms. The molecule has 0 amide bonds. The third-order valence-electron chi connectivity index (χ3n) is 6.66. The average molecular weight is 552 g/mol. The molecule has 1 fully saturated rings. The molecular formula is C28H26ClN3O5S. The van der Waals surface area contributed by atoms with Gasteiger partial charge in [-0.1, -0.05) is 35.4 Å². The second-order valence-electron chi connectivity index (χ2n) is 9.26. The van der Waals surface area contributed by atoms with Crippen molar-refractivity contribution < 1.29 is 22.3 Å².